The SMILES string of the molecule is CCOC(=O)CC(=O)c1ccc(OC(C)C)c(OC(C)C)c1. The van der Waals surface area contributed by atoms with E-state index in [9.17, 15) is 9.59 Å². The monoisotopic (exact) mass is 308 g/mol. The van der Waals surface area contributed by atoms with Gasteiger partial charge < -0.3 is 14.2 Å². The molecule has 0 radical (unpaired) electrons. The first kappa shape index (κ1) is 18.0. The van der Waals surface area contributed by atoms with Crippen LogP contribution in [0.4, 0.5) is 0 Å². The van der Waals surface area contributed by atoms with E-state index in [1.54, 1.807) is 25.1 Å². The van der Waals surface area contributed by atoms with E-state index in [2.05, 4.69) is 0 Å². The highest BCUT2D eigenvalue weighted by molar-refractivity contribution is 6.06. The number of esters is 1. The molecule has 5 nitrogen and oxygen atoms in total. The van der Waals surface area contributed by atoms with Crippen molar-refractivity contribution in [2.45, 2.75) is 53.2 Å². The first-order chi connectivity index (χ1) is 10.3. The van der Waals surface area contributed by atoms with Crippen LogP contribution in [0.1, 0.15) is 51.4 Å². The molecule has 0 aromatic heterocycles. The molecule has 0 N–H and O–H groups in total. The standard InChI is InChI=1S/C17H24O5/c1-6-20-17(19)10-14(18)13-7-8-15(21-11(2)3)16(9-13)22-12(4)5/h7-9,11-12H,6,10H2,1-5H3. The maximum atomic E-state index is 12.1. The smallest absolute Gasteiger partial charge is 0.313 e. The fourth-order valence-corrected chi connectivity index (χ4v) is 1.82. The summed E-state index contributed by atoms with van der Waals surface area (Å²) < 4.78 is 16.2. The summed E-state index contributed by atoms with van der Waals surface area (Å²) in [5.74, 6) is 0.249. The van der Waals surface area contributed by atoms with Crippen LogP contribution in [0.5, 0.6) is 11.5 Å². The number of benzene rings is 1. The van der Waals surface area contributed by atoms with Gasteiger partial charge in [-0.1, -0.05) is 0 Å². The van der Waals surface area contributed by atoms with Gasteiger partial charge in [-0.05, 0) is 52.8 Å². The Labute approximate surface area is 131 Å². The predicted molar refractivity (Wildman–Crippen MR) is 83.6 cm³/mol. The molecule has 22 heavy (non-hydrogen) atoms. The van der Waals surface area contributed by atoms with Gasteiger partial charge in [0, 0.05) is 5.56 Å². The molecule has 1 aromatic carbocycles. The summed E-state index contributed by atoms with van der Waals surface area (Å²) in [5, 5.41) is 0. The molecule has 0 amide bonds. The number of carbonyl (C=O) groups excluding carboxylic acids is 2. The zero-order valence-corrected chi connectivity index (χ0v) is 13.8. The Morgan fingerprint density at radius 1 is 1.00 bits per heavy atom. The third-order valence-electron chi connectivity index (χ3n) is 2.60. The molecule has 0 saturated carbocycles. The summed E-state index contributed by atoms with van der Waals surface area (Å²) in [4.78, 5) is 23.5. The number of hydrogen-bond donors (Lipinski definition) is 0. The Morgan fingerprint density at radius 2 is 1.59 bits per heavy atom. The lowest BCUT2D eigenvalue weighted by Crippen LogP contribution is -2.13. The van der Waals surface area contributed by atoms with Gasteiger partial charge in [0.1, 0.15) is 6.42 Å². The average Bonchev–Trinajstić information content (AvgIpc) is 2.39. The van der Waals surface area contributed by atoms with E-state index in [1.165, 1.54) is 0 Å². The lowest BCUT2D eigenvalue weighted by atomic mass is 10.1. The van der Waals surface area contributed by atoms with E-state index in [0.29, 0.717) is 17.1 Å². The highest BCUT2D eigenvalue weighted by Crippen LogP contribution is 2.30. The number of ketones is 1. The number of ether oxygens (including phenoxy) is 3. The van der Waals surface area contributed by atoms with Crippen LogP contribution in [-0.2, 0) is 9.53 Å². The first-order valence-corrected chi connectivity index (χ1v) is 7.49. The molecule has 1 aromatic rings. The van der Waals surface area contributed by atoms with Gasteiger partial charge in [-0.25, -0.2) is 0 Å². The topological polar surface area (TPSA) is 61.8 Å². The lowest BCUT2D eigenvalue weighted by molar-refractivity contribution is -0.141. The van der Waals surface area contributed by atoms with Crippen LogP contribution in [0.2, 0.25) is 0 Å². The highest BCUT2D eigenvalue weighted by atomic mass is 16.5. The molecular weight excluding hydrogens is 284 g/mol. The summed E-state index contributed by atoms with van der Waals surface area (Å²) >= 11 is 0. The van der Waals surface area contributed by atoms with Gasteiger partial charge in [0.15, 0.2) is 17.3 Å². The normalized spacial score (nSPS) is 10.7. The van der Waals surface area contributed by atoms with Crippen molar-refractivity contribution >= 4 is 11.8 Å². The number of rotatable bonds is 8. The van der Waals surface area contributed by atoms with Crippen molar-refractivity contribution in [1.82, 2.24) is 0 Å². The Kier molecular flexibility index (Phi) is 6.89. The Bertz CT molecular complexity index is 520. The fourth-order valence-electron chi connectivity index (χ4n) is 1.82. The van der Waals surface area contributed by atoms with Gasteiger partial charge >= 0.3 is 5.97 Å². The van der Waals surface area contributed by atoms with E-state index in [4.69, 9.17) is 14.2 Å². The molecule has 0 bridgehead atoms. The van der Waals surface area contributed by atoms with Crippen LogP contribution in [-0.4, -0.2) is 30.6 Å². The molecule has 0 saturated heterocycles. The summed E-state index contributed by atoms with van der Waals surface area (Å²) in [6, 6.07) is 4.93. The summed E-state index contributed by atoms with van der Waals surface area (Å²) in [7, 11) is 0. The summed E-state index contributed by atoms with van der Waals surface area (Å²) in [6.45, 7) is 9.58. The molecule has 1 rings (SSSR count). The molecule has 0 spiro atoms. The van der Waals surface area contributed by atoms with E-state index in [-0.39, 0.29) is 31.0 Å². The molecule has 0 aliphatic carbocycles. The van der Waals surface area contributed by atoms with Crippen LogP contribution < -0.4 is 9.47 Å². The lowest BCUT2D eigenvalue weighted by Gasteiger charge is -2.17. The predicted octanol–water partition coefficient (Wildman–Crippen LogP) is 3.40. The molecule has 0 unspecified atom stereocenters. The van der Waals surface area contributed by atoms with E-state index >= 15 is 0 Å². The van der Waals surface area contributed by atoms with Gasteiger partial charge in [0.05, 0.1) is 18.8 Å². The molecule has 5 heteroatoms. The van der Waals surface area contributed by atoms with Crippen LogP contribution in [0.15, 0.2) is 18.2 Å². The minimum Gasteiger partial charge on any atom is -0.487 e. The Hall–Kier alpha value is -2.04. The minimum atomic E-state index is -0.527. The quantitative estimate of drug-likeness (QED) is 0.418. The molecule has 0 aliphatic heterocycles. The average molecular weight is 308 g/mol. The van der Waals surface area contributed by atoms with Gasteiger partial charge in [-0.2, -0.15) is 0 Å². The molecule has 0 fully saturated rings. The Balaban J connectivity index is 2.97. The zero-order chi connectivity index (χ0) is 16.7. The second kappa shape index (κ2) is 8.41. The molecule has 0 aliphatic rings. The number of Topliss-reactive ketones (excluding diaryl/α,β-unsaturated/α-hetero) is 1. The summed E-state index contributed by atoms with van der Waals surface area (Å²) in [6.07, 6.45) is -0.334. The molecular formula is C17H24O5. The maximum absolute atomic E-state index is 12.1. The minimum absolute atomic E-state index is 0.00408. The molecule has 122 valence electrons. The van der Waals surface area contributed by atoms with Crippen LogP contribution in [0.3, 0.4) is 0 Å². The van der Waals surface area contributed by atoms with Crippen molar-refractivity contribution in [2.75, 3.05) is 6.61 Å². The van der Waals surface area contributed by atoms with Gasteiger partial charge in [-0.15, -0.1) is 0 Å². The maximum Gasteiger partial charge on any atom is 0.313 e. The van der Waals surface area contributed by atoms with Crippen molar-refractivity contribution < 1.29 is 23.8 Å². The van der Waals surface area contributed by atoms with Crippen molar-refractivity contribution in [2.24, 2.45) is 0 Å². The fraction of sp³-hybridized carbons (Fsp3) is 0.529. The third kappa shape index (κ3) is 5.76. The highest BCUT2D eigenvalue weighted by Gasteiger charge is 2.16. The Morgan fingerprint density at radius 3 is 2.14 bits per heavy atom. The van der Waals surface area contributed by atoms with E-state index < -0.39 is 5.97 Å². The largest absolute Gasteiger partial charge is 0.487 e. The second-order valence-electron chi connectivity index (χ2n) is 5.40. The van der Waals surface area contributed by atoms with E-state index in [1.807, 2.05) is 27.7 Å². The van der Waals surface area contributed by atoms with Crippen molar-refractivity contribution in [3.8, 4) is 11.5 Å². The molecule has 0 heterocycles. The summed E-state index contributed by atoms with van der Waals surface area (Å²) in [5.41, 5.74) is 0.403. The van der Waals surface area contributed by atoms with Crippen molar-refractivity contribution in [3.63, 3.8) is 0 Å². The van der Waals surface area contributed by atoms with Crippen LogP contribution in [0.25, 0.3) is 0 Å². The van der Waals surface area contributed by atoms with Crippen molar-refractivity contribution in [3.05, 3.63) is 23.8 Å². The first-order valence-electron chi connectivity index (χ1n) is 7.49. The van der Waals surface area contributed by atoms with Crippen LogP contribution in [0, 0.1) is 0 Å². The van der Waals surface area contributed by atoms with Gasteiger partial charge in [-0.3, -0.25) is 9.59 Å². The van der Waals surface area contributed by atoms with Crippen molar-refractivity contribution in [1.29, 1.82) is 0 Å². The number of carbonyl (C=O) groups is 2. The molecule has 0 atom stereocenters. The van der Waals surface area contributed by atoms with Gasteiger partial charge in [0.2, 0.25) is 0 Å². The second-order valence-corrected chi connectivity index (χ2v) is 5.40. The third-order valence-corrected chi connectivity index (χ3v) is 2.60. The number of hydrogen-bond acceptors (Lipinski definition) is 5. The van der Waals surface area contributed by atoms with E-state index in [0.717, 1.165) is 0 Å². The van der Waals surface area contributed by atoms with Gasteiger partial charge in [0.25, 0.3) is 0 Å². The van der Waals surface area contributed by atoms with Crippen LogP contribution >= 0.6 is 0 Å². The zero-order valence-electron chi connectivity index (χ0n) is 13.8.